The number of nitrogens with zero attached hydrogens (tertiary/aromatic N) is 1. The third-order valence-corrected chi connectivity index (χ3v) is 3.08. The van der Waals surface area contributed by atoms with Crippen molar-refractivity contribution in [2.75, 3.05) is 33.7 Å². The number of hydrogen-bond acceptors (Lipinski definition) is 3. The van der Waals surface area contributed by atoms with E-state index in [1.807, 2.05) is 0 Å². The maximum atomic E-state index is 3.60. The molecule has 90 valence electrons. The van der Waals surface area contributed by atoms with Crippen LogP contribution in [0.1, 0.15) is 32.6 Å². The van der Waals surface area contributed by atoms with Gasteiger partial charge in [-0.25, -0.2) is 0 Å². The Labute approximate surface area is 94.6 Å². The molecule has 2 N–H and O–H groups in total. The van der Waals surface area contributed by atoms with E-state index >= 15 is 0 Å². The van der Waals surface area contributed by atoms with Crippen molar-refractivity contribution in [3.8, 4) is 0 Å². The smallest absolute Gasteiger partial charge is 0.00822 e. The molecule has 3 heteroatoms. The van der Waals surface area contributed by atoms with Crippen molar-refractivity contribution in [1.29, 1.82) is 0 Å². The fraction of sp³-hybridized carbons (Fsp3) is 1.00. The molecular weight excluding hydrogens is 186 g/mol. The molecule has 3 nitrogen and oxygen atoms in total. The molecule has 1 heterocycles. The molecule has 1 aliphatic heterocycles. The summed E-state index contributed by atoms with van der Waals surface area (Å²) in [5.41, 5.74) is 0. The highest BCUT2D eigenvalue weighted by molar-refractivity contribution is 4.78. The fourth-order valence-corrected chi connectivity index (χ4v) is 2.21. The predicted molar refractivity (Wildman–Crippen MR) is 66.3 cm³/mol. The van der Waals surface area contributed by atoms with Gasteiger partial charge in [0.05, 0.1) is 0 Å². The maximum absolute atomic E-state index is 3.60. The van der Waals surface area contributed by atoms with E-state index in [-0.39, 0.29) is 0 Å². The van der Waals surface area contributed by atoms with E-state index < -0.39 is 0 Å². The van der Waals surface area contributed by atoms with E-state index in [0.717, 1.165) is 12.6 Å². The molecule has 1 saturated heterocycles. The summed E-state index contributed by atoms with van der Waals surface area (Å²) in [6, 6.07) is 1.42. The molecular formula is C12H27N3. The highest BCUT2D eigenvalue weighted by atomic mass is 15.1. The van der Waals surface area contributed by atoms with Crippen LogP contribution in [-0.2, 0) is 0 Å². The van der Waals surface area contributed by atoms with Crippen molar-refractivity contribution < 1.29 is 0 Å². The summed E-state index contributed by atoms with van der Waals surface area (Å²) in [6.45, 7) is 5.85. The second kappa shape index (κ2) is 7.20. The minimum absolute atomic E-state index is 0.655. The minimum atomic E-state index is 0.655. The third kappa shape index (κ3) is 6.13. The molecule has 1 aliphatic rings. The van der Waals surface area contributed by atoms with E-state index in [9.17, 15) is 0 Å². The van der Waals surface area contributed by atoms with Gasteiger partial charge >= 0.3 is 0 Å². The normalized spacial score (nSPS) is 23.6. The van der Waals surface area contributed by atoms with Crippen LogP contribution in [0.5, 0.6) is 0 Å². The van der Waals surface area contributed by atoms with Gasteiger partial charge in [0.25, 0.3) is 0 Å². The van der Waals surface area contributed by atoms with Gasteiger partial charge in [-0.1, -0.05) is 0 Å². The summed E-state index contributed by atoms with van der Waals surface area (Å²) in [5.74, 6) is 0. The number of hydrogen-bond donors (Lipinski definition) is 2. The Morgan fingerprint density at radius 2 is 2.27 bits per heavy atom. The van der Waals surface area contributed by atoms with Crippen LogP contribution < -0.4 is 10.6 Å². The average Bonchev–Trinajstić information content (AvgIpc) is 2.64. The standard InChI is InChI=1S/C12H27N3/c1-11(10-12-6-4-7-14-12)13-8-5-9-15(2)3/h11-14H,4-10H2,1-3H3. The van der Waals surface area contributed by atoms with Crippen LogP contribution >= 0.6 is 0 Å². The van der Waals surface area contributed by atoms with E-state index in [4.69, 9.17) is 0 Å². The third-order valence-electron chi connectivity index (χ3n) is 3.08. The summed E-state index contributed by atoms with van der Waals surface area (Å²) in [6.07, 6.45) is 5.25. The van der Waals surface area contributed by atoms with Gasteiger partial charge in [0.1, 0.15) is 0 Å². The Hall–Kier alpha value is -0.120. The molecule has 0 aliphatic carbocycles. The highest BCUT2D eigenvalue weighted by Gasteiger charge is 2.16. The monoisotopic (exact) mass is 213 g/mol. The summed E-state index contributed by atoms with van der Waals surface area (Å²) < 4.78 is 0. The Balaban J connectivity index is 1.95. The molecule has 0 aromatic carbocycles. The molecule has 2 unspecified atom stereocenters. The topological polar surface area (TPSA) is 27.3 Å². The van der Waals surface area contributed by atoms with E-state index in [2.05, 4.69) is 36.6 Å². The van der Waals surface area contributed by atoms with Crippen molar-refractivity contribution in [2.45, 2.75) is 44.7 Å². The van der Waals surface area contributed by atoms with Gasteiger partial charge in [-0.05, 0) is 66.3 Å². The molecule has 1 fully saturated rings. The molecule has 0 radical (unpaired) electrons. The van der Waals surface area contributed by atoms with Crippen molar-refractivity contribution in [3.63, 3.8) is 0 Å². The molecule has 0 aromatic heterocycles. The Kier molecular flexibility index (Phi) is 6.22. The minimum Gasteiger partial charge on any atom is -0.314 e. The zero-order chi connectivity index (χ0) is 11.1. The second-order valence-corrected chi connectivity index (χ2v) is 5.04. The molecule has 2 atom stereocenters. The van der Waals surface area contributed by atoms with Crippen LogP contribution in [0.2, 0.25) is 0 Å². The first-order valence-corrected chi connectivity index (χ1v) is 6.30. The lowest BCUT2D eigenvalue weighted by Crippen LogP contribution is -2.35. The zero-order valence-corrected chi connectivity index (χ0v) is 10.6. The Bertz CT molecular complexity index is 153. The van der Waals surface area contributed by atoms with Gasteiger partial charge < -0.3 is 15.5 Å². The first-order valence-electron chi connectivity index (χ1n) is 6.30. The highest BCUT2D eigenvalue weighted by Crippen LogP contribution is 2.10. The van der Waals surface area contributed by atoms with E-state index in [0.29, 0.717) is 6.04 Å². The van der Waals surface area contributed by atoms with Gasteiger partial charge in [0, 0.05) is 12.1 Å². The largest absolute Gasteiger partial charge is 0.314 e. The first-order chi connectivity index (χ1) is 7.18. The van der Waals surface area contributed by atoms with E-state index in [1.54, 1.807) is 0 Å². The summed E-state index contributed by atoms with van der Waals surface area (Å²) >= 11 is 0. The quantitative estimate of drug-likeness (QED) is 0.619. The first kappa shape index (κ1) is 12.9. The second-order valence-electron chi connectivity index (χ2n) is 5.04. The van der Waals surface area contributed by atoms with Gasteiger partial charge in [0.2, 0.25) is 0 Å². The maximum Gasteiger partial charge on any atom is 0.00822 e. The molecule has 0 spiro atoms. The molecule has 0 bridgehead atoms. The SMILES string of the molecule is CC(CC1CCCN1)NCCCN(C)C. The van der Waals surface area contributed by atoms with Crippen LogP contribution in [0.4, 0.5) is 0 Å². The van der Waals surface area contributed by atoms with Crippen molar-refractivity contribution >= 4 is 0 Å². The van der Waals surface area contributed by atoms with E-state index in [1.165, 1.54) is 38.8 Å². The average molecular weight is 213 g/mol. The number of rotatable bonds is 7. The summed E-state index contributed by atoms with van der Waals surface area (Å²) in [4.78, 5) is 2.24. The van der Waals surface area contributed by atoms with Crippen molar-refractivity contribution in [2.24, 2.45) is 0 Å². The van der Waals surface area contributed by atoms with Crippen LogP contribution in [-0.4, -0.2) is 50.7 Å². The molecule has 1 rings (SSSR count). The Morgan fingerprint density at radius 1 is 1.47 bits per heavy atom. The van der Waals surface area contributed by atoms with Crippen molar-refractivity contribution in [3.05, 3.63) is 0 Å². The van der Waals surface area contributed by atoms with Gasteiger partial charge in [-0.3, -0.25) is 0 Å². The van der Waals surface area contributed by atoms with Crippen LogP contribution in [0.25, 0.3) is 0 Å². The van der Waals surface area contributed by atoms with Crippen LogP contribution in [0, 0.1) is 0 Å². The zero-order valence-electron chi connectivity index (χ0n) is 10.6. The molecule has 0 amide bonds. The summed E-state index contributed by atoms with van der Waals surface area (Å²) in [5, 5.41) is 7.15. The fourth-order valence-electron chi connectivity index (χ4n) is 2.21. The lowest BCUT2D eigenvalue weighted by atomic mass is 10.1. The lowest BCUT2D eigenvalue weighted by Gasteiger charge is -2.18. The van der Waals surface area contributed by atoms with Crippen LogP contribution in [0.3, 0.4) is 0 Å². The van der Waals surface area contributed by atoms with Gasteiger partial charge in [0.15, 0.2) is 0 Å². The lowest BCUT2D eigenvalue weighted by molar-refractivity contribution is 0.378. The summed E-state index contributed by atoms with van der Waals surface area (Å²) in [7, 11) is 4.26. The van der Waals surface area contributed by atoms with Gasteiger partial charge in [-0.2, -0.15) is 0 Å². The molecule has 0 aromatic rings. The van der Waals surface area contributed by atoms with Gasteiger partial charge in [-0.15, -0.1) is 0 Å². The number of nitrogens with one attached hydrogen (secondary N) is 2. The molecule has 0 saturated carbocycles. The Morgan fingerprint density at radius 3 is 2.87 bits per heavy atom. The molecule has 15 heavy (non-hydrogen) atoms. The predicted octanol–water partition coefficient (Wildman–Crippen LogP) is 1.06. The van der Waals surface area contributed by atoms with Crippen molar-refractivity contribution in [1.82, 2.24) is 15.5 Å². The van der Waals surface area contributed by atoms with Crippen LogP contribution in [0.15, 0.2) is 0 Å².